The molecule has 7 heteroatoms. The largest absolute Gasteiger partial charge is 0.462 e. The fraction of sp³-hybridized carbons (Fsp3) is 0.333. The number of ether oxygens (including phenoxy) is 1. The topological polar surface area (TPSA) is 77.2 Å². The van der Waals surface area contributed by atoms with Crippen LogP contribution in [0.5, 0.6) is 0 Å². The number of hydrogen-bond acceptors (Lipinski definition) is 7. The lowest BCUT2D eigenvalue weighted by molar-refractivity contribution is 0.0529. The van der Waals surface area contributed by atoms with E-state index in [9.17, 15) is 4.79 Å². The lowest BCUT2D eigenvalue weighted by Gasteiger charge is -2.05. The van der Waals surface area contributed by atoms with Crippen molar-refractivity contribution in [3.05, 3.63) is 27.5 Å². The second-order valence-electron chi connectivity index (χ2n) is 3.86. The Kier molecular flexibility index (Phi) is 4.39. The molecule has 19 heavy (non-hydrogen) atoms. The number of carbonyl (C=O) groups is 1. The average molecular weight is 297 g/mol. The molecule has 5 nitrogen and oxygen atoms in total. The van der Waals surface area contributed by atoms with Gasteiger partial charge >= 0.3 is 5.97 Å². The van der Waals surface area contributed by atoms with E-state index < -0.39 is 5.97 Å². The van der Waals surface area contributed by atoms with Crippen molar-refractivity contribution in [3.63, 3.8) is 0 Å². The molecule has 2 aromatic heterocycles. The second kappa shape index (κ2) is 6.03. The molecule has 0 saturated heterocycles. The lowest BCUT2D eigenvalue weighted by Crippen LogP contribution is -2.09. The van der Waals surface area contributed by atoms with E-state index in [4.69, 9.17) is 10.5 Å². The maximum Gasteiger partial charge on any atom is 0.344 e. The average Bonchev–Trinajstić information content (AvgIpc) is 2.93. The smallest absolute Gasteiger partial charge is 0.344 e. The molecule has 2 heterocycles. The number of nitrogens with two attached hydrogens (primary N) is 1. The minimum absolute atomic E-state index is 0.216. The van der Waals surface area contributed by atoms with Gasteiger partial charge in [0.2, 0.25) is 0 Å². The molecule has 0 unspecified atom stereocenters. The summed E-state index contributed by atoms with van der Waals surface area (Å²) in [6.07, 6.45) is 0. The highest BCUT2D eigenvalue weighted by Crippen LogP contribution is 2.28. The van der Waals surface area contributed by atoms with Crippen molar-refractivity contribution >= 4 is 39.7 Å². The first kappa shape index (κ1) is 13.8. The van der Waals surface area contributed by atoms with Crippen LogP contribution in [0.3, 0.4) is 0 Å². The first-order valence-electron chi connectivity index (χ1n) is 5.83. The van der Waals surface area contributed by atoms with Crippen LogP contribution < -0.4 is 11.1 Å². The molecule has 2 aromatic rings. The summed E-state index contributed by atoms with van der Waals surface area (Å²) in [7, 11) is 0. The van der Waals surface area contributed by atoms with Gasteiger partial charge in [-0.25, -0.2) is 4.79 Å². The SMILES string of the molecule is CCOC(=O)c1c(N)nsc1NCc1ccc(C)s1. The fourth-order valence-corrected chi connectivity index (χ4v) is 3.10. The van der Waals surface area contributed by atoms with Gasteiger partial charge in [0.15, 0.2) is 5.82 Å². The quantitative estimate of drug-likeness (QED) is 0.830. The van der Waals surface area contributed by atoms with Crippen molar-refractivity contribution in [2.75, 3.05) is 17.7 Å². The minimum atomic E-state index is -0.432. The maximum absolute atomic E-state index is 11.8. The summed E-state index contributed by atoms with van der Waals surface area (Å²) in [5.41, 5.74) is 6.04. The van der Waals surface area contributed by atoms with E-state index in [1.807, 2.05) is 0 Å². The minimum Gasteiger partial charge on any atom is -0.462 e. The Morgan fingerprint density at radius 2 is 2.32 bits per heavy atom. The van der Waals surface area contributed by atoms with Gasteiger partial charge in [-0.3, -0.25) is 0 Å². The Morgan fingerprint density at radius 3 is 2.95 bits per heavy atom. The van der Waals surface area contributed by atoms with Crippen molar-refractivity contribution in [3.8, 4) is 0 Å². The third-order valence-electron chi connectivity index (χ3n) is 2.42. The summed E-state index contributed by atoms with van der Waals surface area (Å²) in [6.45, 7) is 4.78. The molecule has 0 aliphatic rings. The molecular formula is C12H15N3O2S2. The Hall–Kier alpha value is -1.60. The summed E-state index contributed by atoms with van der Waals surface area (Å²) in [6, 6.07) is 4.12. The van der Waals surface area contributed by atoms with Crippen LogP contribution >= 0.6 is 22.9 Å². The van der Waals surface area contributed by atoms with Crippen LogP contribution in [0.15, 0.2) is 12.1 Å². The van der Waals surface area contributed by atoms with Gasteiger partial charge in [0.05, 0.1) is 13.2 Å². The molecule has 0 bridgehead atoms. The van der Waals surface area contributed by atoms with Crippen molar-refractivity contribution in [1.29, 1.82) is 0 Å². The maximum atomic E-state index is 11.8. The van der Waals surface area contributed by atoms with Crippen LogP contribution in [0.4, 0.5) is 10.8 Å². The first-order valence-corrected chi connectivity index (χ1v) is 7.42. The van der Waals surface area contributed by atoms with E-state index >= 15 is 0 Å². The van der Waals surface area contributed by atoms with E-state index in [0.717, 1.165) is 0 Å². The van der Waals surface area contributed by atoms with Crippen LogP contribution in [0.25, 0.3) is 0 Å². The van der Waals surface area contributed by atoms with Gasteiger partial charge < -0.3 is 15.8 Å². The van der Waals surface area contributed by atoms with Gasteiger partial charge in [-0.05, 0) is 37.5 Å². The van der Waals surface area contributed by atoms with Gasteiger partial charge in [-0.15, -0.1) is 11.3 Å². The number of anilines is 2. The third kappa shape index (κ3) is 3.24. The van der Waals surface area contributed by atoms with Crippen molar-refractivity contribution in [2.45, 2.75) is 20.4 Å². The number of nitrogen functional groups attached to an aromatic ring is 1. The number of esters is 1. The van der Waals surface area contributed by atoms with E-state index in [1.165, 1.54) is 21.3 Å². The van der Waals surface area contributed by atoms with E-state index in [2.05, 4.69) is 28.7 Å². The Balaban J connectivity index is 2.10. The molecule has 0 spiro atoms. The molecule has 0 radical (unpaired) electrons. The summed E-state index contributed by atoms with van der Waals surface area (Å²) in [5.74, 6) is -0.216. The van der Waals surface area contributed by atoms with Crippen LogP contribution in [0.2, 0.25) is 0 Å². The molecule has 0 aromatic carbocycles. The Bertz CT molecular complexity index is 577. The second-order valence-corrected chi connectivity index (χ2v) is 6.00. The molecule has 0 atom stereocenters. The molecule has 0 fully saturated rings. The zero-order valence-corrected chi connectivity index (χ0v) is 12.4. The van der Waals surface area contributed by atoms with Crippen LogP contribution in [0, 0.1) is 6.92 Å². The number of nitrogens with one attached hydrogen (secondary N) is 1. The summed E-state index contributed by atoms with van der Waals surface area (Å²) < 4.78 is 8.97. The highest BCUT2D eigenvalue weighted by molar-refractivity contribution is 7.12. The monoisotopic (exact) mass is 297 g/mol. The standard InChI is InChI=1S/C12H15N3O2S2/c1-3-17-12(16)9-10(13)15-19-11(9)14-6-8-5-4-7(2)18-8/h4-5,14H,3,6H2,1-2H3,(H2,13,15). The number of carbonyl (C=O) groups excluding carboxylic acids is 1. The molecular weight excluding hydrogens is 282 g/mol. The summed E-state index contributed by atoms with van der Waals surface area (Å²) in [5, 5.41) is 3.84. The zero-order valence-electron chi connectivity index (χ0n) is 10.7. The Labute approximate surface area is 119 Å². The Morgan fingerprint density at radius 1 is 1.53 bits per heavy atom. The van der Waals surface area contributed by atoms with Gasteiger partial charge in [0.25, 0.3) is 0 Å². The number of aromatic nitrogens is 1. The van der Waals surface area contributed by atoms with Crippen LogP contribution in [-0.2, 0) is 11.3 Å². The zero-order chi connectivity index (χ0) is 13.8. The number of nitrogens with zero attached hydrogens (tertiary/aromatic N) is 1. The van der Waals surface area contributed by atoms with Gasteiger partial charge in [0.1, 0.15) is 10.6 Å². The predicted molar refractivity (Wildman–Crippen MR) is 78.9 cm³/mol. The van der Waals surface area contributed by atoms with E-state index in [-0.39, 0.29) is 5.82 Å². The van der Waals surface area contributed by atoms with Gasteiger partial charge in [-0.2, -0.15) is 4.37 Å². The normalized spacial score (nSPS) is 10.4. The molecule has 0 amide bonds. The number of thiophene rings is 1. The lowest BCUT2D eigenvalue weighted by atomic mass is 10.3. The first-order chi connectivity index (χ1) is 9.11. The number of aryl methyl sites for hydroxylation is 1. The van der Waals surface area contributed by atoms with Crippen LogP contribution in [0.1, 0.15) is 27.0 Å². The van der Waals surface area contributed by atoms with Crippen LogP contribution in [-0.4, -0.2) is 16.9 Å². The van der Waals surface area contributed by atoms with Crippen molar-refractivity contribution in [1.82, 2.24) is 4.37 Å². The number of hydrogen-bond donors (Lipinski definition) is 2. The number of rotatable bonds is 5. The molecule has 102 valence electrons. The molecule has 2 rings (SSSR count). The van der Waals surface area contributed by atoms with Crippen molar-refractivity contribution in [2.24, 2.45) is 0 Å². The summed E-state index contributed by atoms with van der Waals surface area (Å²) in [4.78, 5) is 14.2. The highest BCUT2D eigenvalue weighted by atomic mass is 32.1. The fourth-order valence-electron chi connectivity index (χ4n) is 1.57. The predicted octanol–water partition coefficient (Wildman–Crippen LogP) is 2.88. The molecule has 0 aliphatic carbocycles. The highest BCUT2D eigenvalue weighted by Gasteiger charge is 2.20. The molecule has 0 aliphatic heterocycles. The third-order valence-corrected chi connectivity index (χ3v) is 4.24. The van der Waals surface area contributed by atoms with Crippen molar-refractivity contribution < 1.29 is 9.53 Å². The van der Waals surface area contributed by atoms with Gasteiger partial charge in [-0.1, -0.05) is 0 Å². The van der Waals surface area contributed by atoms with Gasteiger partial charge in [0, 0.05) is 9.75 Å². The molecule has 0 saturated carbocycles. The molecule has 3 N–H and O–H groups in total. The van der Waals surface area contributed by atoms with E-state index in [0.29, 0.717) is 23.7 Å². The summed E-state index contributed by atoms with van der Waals surface area (Å²) >= 11 is 2.89. The van der Waals surface area contributed by atoms with E-state index in [1.54, 1.807) is 18.3 Å².